The van der Waals surface area contributed by atoms with Crippen molar-refractivity contribution in [2.24, 2.45) is 5.41 Å². The van der Waals surface area contributed by atoms with Gasteiger partial charge >= 0.3 is 11.9 Å². The van der Waals surface area contributed by atoms with Gasteiger partial charge in [-0.15, -0.1) is 0 Å². The normalized spacial score (nSPS) is 11.8. The first-order valence-corrected chi connectivity index (χ1v) is 9.97. The zero-order valence-electron chi connectivity index (χ0n) is 18.6. The van der Waals surface area contributed by atoms with E-state index in [9.17, 15) is 14.4 Å². The summed E-state index contributed by atoms with van der Waals surface area (Å²) in [5.41, 5.74) is 1.80. The van der Waals surface area contributed by atoms with E-state index in [1.807, 2.05) is 81.4 Å². The monoisotopic (exact) mass is 423 g/mol. The summed E-state index contributed by atoms with van der Waals surface area (Å²) in [5.74, 6) is -1.80. The summed E-state index contributed by atoms with van der Waals surface area (Å²) < 4.78 is 9.69. The summed E-state index contributed by atoms with van der Waals surface area (Å²) in [7, 11) is 2.50. The highest BCUT2D eigenvalue weighted by molar-refractivity contribution is 5.98. The maximum atomic E-state index is 13.2. The third kappa shape index (κ3) is 6.28. The Labute approximate surface area is 183 Å². The van der Waals surface area contributed by atoms with Crippen molar-refractivity contribution >= 4 is 23.4 Å². The molecule has 0 spiro atoms. The Balaban J connectivity index is 2.71. The van der Waals surface area contributed by atoms with Crippen molar-refractivity contribution in [3.8, 4) is 0 Å². The molecule has 0 aliphatic rings. The predicted octanol–water partition coefficient (Wildman–Crippen LogP) is 4.06. The highest BCUT2D eigenvalue weighted by Gasteiger charge is 2.40. The first kappa shape index (κ1) is 23.9. The number of ether oxygens (including phenoxy) is 2. The van der Waals surface area contributed by atoms with E-state index >= 15 is 0 Å². The van der Waals surface area contributed by atoms with Crippen LogP contribution < -0.4 is 0 Å². The molecule has 31 heavy (non-hydrogen) atoms. The van der Waals surface area contributed by atoms with Crippen LogP contribution >= 0.6 is 0 Å². The van der Waals surface area contributed by atoms with E-state index in [2.05, 4.69) is 4.74 Å². The van der Waals surface area contributed by atoms with Crippen molar-refractivity contribution < 1.29 is 23.9 Å². The first-order chi connectivity index (χ1) is 14.7. The molecule has 1 amide bonds. The summed E-state index contributed by atoms with van der Waals surface area (Å²) in [6, 6.07) is 18.1. The van der Waals surface area contributed by atoms with Crippen LogP contribution in [0.1, 0.15) is 38.3 Å². The minimum Gasteiger partial charge on any atom is -0.469 e. The van der Waals surface area contributed by atoms with Crippen LogP contribution in [0, 0.1) is 5.41 Å². The number of amides is 1. The van der Waals surface area contributed by atoms with E-state index in [-0.39, 0.29) is 0 Å². The second-order valence-corrected chi connectivity index (χ2v) is 8.12. The van der Waals surface area contributed by atoms with Crippen LogP contribution in [-0.2, 0) is 23.9 Å². The molecule has 0 bridgehead atoms. The number of methoxy groups -OCH3 is 2. The summed E-state index contributed by atoms with van der Waals surface area (Å²) in [6.07, 6.45) is 1.14. The second kappa shape index (κ2) is 10.6. The largest absolute Gasteiger partial charge is 0.469 e. The van der Waals surface area contributed by atoms with Gasteiger partial charge in [-0.1, -0.05) is 81.4 Å². The van der Waals surface area contributed by atoms with Gasteiger partial charge in [-0.2, -0.15) is 0 Å². The van der Waals surface area contributed by atoms with Crippen molar-refractivity contribution in [3.05, 3.63) is 78.0 Å². The maximum absolute atomic E-state index is 13.2. The Morgan fingerprint density at radius 1 is 0.871 bits per heavy atom. The molecular formula is C25H29NO5. The van der Waals surface area contributed by atoms with Crippen LogP contribution in [0.15, 0.2) is 66.9 Å². The second-order valence-electron chi connectivity index (χ2n) is 8.12. The van der Waals surface area contributed by atoms with Crippen molar-refractivity contribution in [2.45, 2.75) is 33.2 Å². The standard InChI is InChI=1S/C25H29NO5/c1-25(2,3)23(24(29)31-5)26(21(27)16-22(28)30-4)17-20(18-12-8-6-9-13-18)19-14-10-7-11-15-19/h6-15,17,23H,16H2,1-5H3/t23-/m1/s1. The summed E-state index contributed by atoms with van der Waals surface area (Å²) >= 11 is 0. The van der Waals surface area contributed by atoms with Crippen molar-refractivity contribution in [1.82, 2.24) is 4.90 Å². The van der Waals surface area contributed by atoms with Gasteiger partial charge in [-0.05, 0) is 16.5 Å². The lowest BCUT2D eigenvalue weighted by Gasteiger charge is -2.36. The Bertz CT molecular complexity index is 888. The smallest absolute Gasteiger partial charge is 0.329 e. The van der Waals surface area contributed by atoms with Gasteiger partial charge in [0.25, 0.3) is 0 Å². The van der Waals surface area contributed by atoms with Crippen molar-refractivity contribution in [3.63, 3.8) is 0 Å². The molecule has 0 N–H and O–H groups in total. The number of hydrogen-bond acceptors (Lipinski definition) is 5. The third-order valence-corrected chi connectivity index (χ3v) is 4.77. The fourth-order valence-corrected chi connectivity index (χ4v) is 3.26. The lowest BCUT2D eigenvalue weighted by atomic mass is 9.85. The Kier molecular flexibility index (Phi) is 8.14. The third-order valence-electron chi connectivity index (χ3n) is 4.77. The SMILES string of the molecule is COC(=O)CC(=O)N(C=C(c1ccccc1)c1ccccc1)[C@H](C(=O)OC)C(C)(C)C. The fraction of sp³-hybridized carbons (Fsp3) is 0.320. The highest BCUT2D eigenvalue weighted by atomic mass is 16.5. The van der Waals surface area contributed by atoms with E-state index in [1.165, 1.54) is 19.1 Å². The van der Waals surface area contributed by atoms with Gasteiger partial charge in [0, 0.05) is 11.8 Å². The highest BCUT2D eigenvalue weighted by Crippen LogP contribution is 2.30. The van der Waals surface area contributed by atoms with E-state index in [4.69, 9.17) is 4.74 Å². The number of carbonyl (C=O) groups is 3. The molecule has 2 rings (SSSR count). The number of carbonyl (C=O) groups excluding carboxylic acids is 3. The first-order valence-electron chi connectivity index (χ1n) is 9.97. The van der Waals surface area contributed by atoms with Gasteiger partial charge in [-0.3, -0.25) is 9.59 Å². The number of nitrogens with zero attached hydrogens (tertiary/aromatic N) is 1. The molecule has 6 nitrogen and oxygen atoms in total. The van der Waals surface area contributed by atoms with Crippen LogP contribution in [0.4, 0.5) is 0 Å². The zero-order chi connectivity index (χ0) is 23.0. The fourth-order valence-electron chi connectivity index (χ4n) is 3.26. The van der Waals surface area contributed by atoms with Gasteiger partial charge in [-0.25, -0.2) is 4.79 Å². The molecule has 2 aromatic carbocycles. The average molecular weight is 424 g/mol. The molecule has 0 aliphatic carbocycles. The molecule has 164 valence electrons. The number of benzene rings is 2. The lowest BCUT2D eigenvalue weighted by Crippen LogP contribution is -2.50. The Morgan fingerprint density at radius 2 is 1.35 bits per heavy atom. The Morgan fingerprint density at radius 3 is 1.74 bits per heavy atom. The van der Waals surface area contributed by atoms with Crippen molar-refractivity contribution in [1.29, 1.82) is 0 Å². The van der Waals surface area contributed by atoms with Crippen LogP contribution in [0.2, 0.25) is 0 Å². The number of hydrogen-bond donors (Lipinski definition) is 0. The van der Waals surface area contributed by atoms with Crippen LogP contribution in [0.25, 0.3) is 5.57 Å². The van der Waals surface area contributed by atoms with E-state index in [0.29, 0.717) is 0 Å². The quantitative estimate of drug-likeness (QED) is 0.496. The van der Waals surface area contributed by atoms with E-state index in [1.54, 1.807) is 6.20 Å². The molecule has 0 heterocycles. The maximum Gasteiger partial charge on any atom is 0.329 e. The molecule has 6 heteroatoms. The van der Waals surface area contributed by atoms with Crippen molar-refractivity contribution in [2.75, 3.05) is 14.2 Å². The summed E-state index contributed by atoms with van der Waals surface area (Å²) in [4.78, 5) is 39.1. The molecule has 0 aromatic heterocycles. The molecule has 0 aliphatic heterocycles. The van der Waals surface area contributed by atoms with E-state index < -0.39 is 35.7 Å². The molecule has 0 saturated heterocycles. The molecule has 0 unspecified atom stereocenters. The number of rotatable bonds is 7. The molecule has 0 saturated carbocycles. The number of esters is 2. The van der Waals surface area contributed by atoms with Gasteiger partial charge in [0.2, 0.25) is 5.91 Å². The van der Waals surface area contributed by atoms with E-state index in [0.717, 1.165) is 16.7 Å². The minimum absolute atomic E-state index is 0.493. The zero-order valence-corrected chi connectivity index (χ0v) is 18.6. The summed E-state index contributed by atoms with van der Waals surface area (Å²) in [6.45, 7) is 5.52. The topological polar surface area (TPSA) is 72.9 Å². The minimum atomic E-state index is -0.947. The molecular weight excluding hydrogens is 394 g/mol. The average Bonchev–Trinajstić information content (AvgIpc) is 2.76. The van der Waals surface area contributed by atoms with Gasteiger partial charge in [0.1, 0.15) is 12.5 Å². The van der Waals surface area contributed by atoms with Gasteiger partial charge in [0.15, 0.2) is 0 Å². The van der Waals surface area contributed by atoms with Crippen LogP contribution in [0.3, 0.4) is 0 Å². The van der Waals surface area contributed by atoms with Gasteiger partial charge in [0.05, 0.1) is 14.2 Å². The van der Waals surface area contributed by atoms with Crippen LogP contribution in [0.5, 0.6) is 0 Å². The van der Waals surface area contributed by atoms with Gasteiger partial charge < -0.3 is 14.4 Å². The van der Waals surface area contributed by atoms with Crippen LogP contribution in [-0.4, -0.2) is 43.0 Å². The molecule has 0 fully saturated rings. The molecule has 0 radical (unpaired) electrons. The predicted molar refractivity (Wildman–Crippen MR) is 119 cm³/mol. The lowest BCUT2D eigenvalue weighted by molar-refractivity contribution is -0.157. The molecule has 1 atom stereocenters. The Hall–Kier alpha value is -3.41. The molecule has 2 aromatic rings. The summed E-state index contributed by atoms with van der Waals surface area (Å²) in [5, 5.41) is 0.